The van der Waals surface area contributed by atoms with Gasteiger partial charge in [-0.05, 0) is 29.6 Å². The summed E-state index contributed by atoms with van der Waals surface area (Å²) >= 11 is 2.87. The van der Waals surface area contributed by atoms with Crippen molar-refractivity contribution in [3.63, 3.8) is 0 Å². The van der Waals surface area contributed by atoms with Gasteiger partial charge in [0.15, 0.2) is 5.16 Å². The van der Waals surface area contributed by atoms with Crippen LogP contribution in [0.15, 0.2) is 53.5 Å². The predicted octanol–water partition coefficient (Wildman–Crippen LogP) is 3.42. The number of benzene rings is 1. The second kappa shape index (κ2) is 11.4. The van der Waals surface area contributed by atoms with Gasteiger partial charge in [-0.25, -0.2) is 9.59 Å². The lowest BCUT2D eigenvalue weighted by molar-refractivity contribution is -0.113. The minimum Gasteiger partial charge on any atom is -0.465 e. The van der Waals surface area contributed by atoms with E-state index in [4.69, 9.17) is 9.47 Å². The molecule has 11 heteroatoms. The normalized spacial score (nSPS) is 10.5. The fraction of sp³-hybridized carbons (Fsp3) is 0.227. The minimum atomic E-state index is -0.638. The van der Waals surface area contributed by atoms with Crippen LogP contribution < -0.4 is 5.32 Å². The molecule has 0 radical (unpaired) electrons. The Balaban J connectivity index is 1.71. The molecular formula is C22H22N4O5S2. The Morgan fingerprint density at radius 1 is 1.15 bits per heavy atom. The summed E-state index contributed by atoms with van der Waals surface area (Å²) in [6, 6.07) is 8.22. The Bertz CT molecular complexity index is 1120. The van der Waals surface area contributed by atoms with Crippen LogP contribution >= 0.6 is 23.1 Å². The van der Waals surface area contributed by atoms with Gasteiger partial charge < -0.3 is 19.4 Å². The number of aromatic nitrogens is 3. The van der Waals surface area contributed by atoms with Gasteiger partial charge in [0.2, 0.25) is 5.91 Å². The number of esters is 2. The van der Waals surface area contributed by atoms with Gasteiger partial charge in [0.25, 0.3) is 0 Å². The molecule has 0 aliphatic rings. The summed E-state index contributed by atoms with van der Waals surface area (Å²) < 4.78 is 11.3. The lowest BCUT2D eigenvalue weighted by Crippen LogP contribution is -2.16. The van der Waals surface area contributed by atoms with Crippen molar-refractivity contribution < 1.29 is 23.9 Å². The molecule has 0 saturated carbocycles. The number of carbonyl (C=O) groups excluding carboxylic acids is 3. The van der Waals surface area contributed by atoms with Crippen LogP contribution in [0, 0.1) is 0 Å². The van der Waals surface area contributed by atoms with Crippen LogP contribution in [0.3, 0.4) is 0 Å². The average molecular weight is 487 g/mol. The first kappa shape index (κ1) is 24.2. The van der Waals surface area contributed by atoms with Crippen molar-refractivity contribution in [3.8, 4) is 0 Å². The summed E-state index contributed by atoms with van der Waals surface area (Å²) in [5, 5.41) is 13.8. The first-order valence-corrected chi connectivity index (χ1v) is 11.6. The summed E-state index contributed by atoms with van der Waals surface area (Å²) in [6.45, 7) is 4.30. The summed E-state index contributed by atoms with van der Waals surface area (Å²) in [4.78, 5) is 37.6. The van der Waals surface area contributed by atoms with Crippen LogP contribution in [0.2, 0.25) is 0 Å². The molecule has 1 aromatic carbocycles. The van der Waals surface area contributed by atoms with Gasteiger partial charge in [-0.15, -0.1) is 28.1 Å². The third kappa shape index (κ3) is 6.30. The third-order valence-electron chi connectivity index (χ3n) is 4.41. The summed E-state index contributed by atoms with van der Waals surface area (Å²) in [6.07, 6.45) is 2.39. The summed E-state index contributed by atoms with van der Waals surface area (Å²) in [5.74, 6) is -0.785. The number of hydrogen-bond acceptors (Lipinski definition) is 9. The van der Waals surface area contributed by atoms with Crippen molar-refractivity contribution in [1.82, 2.24) is 14.8 Å². The van der Waals surface area contributed by atoms with Gasteiger partial charge >= 0.3 is 11.9 Å². The lowest BCUT2D eigenvalue weighted by Gasteiger charge is -2.10. The first-order chi connectivity index (χ1) is 15.9. The van der Waals surface area contributed by atoms with Crippen molar-refractivity contribution in [2.75, 3.05) is 25.3 Å². The molecule has 9 nitrogen and oxygen atoms in total. The van der Waals surface area contributed by atoms with Crippen LogP contribution in [-0.4, -0.2) is 52.6 Å². The van der Waals surface area contributed by atoms with Crippen molar-refractivity contribution >= 4 is 46.6 Å². The van der Waals surface area contributed by atoms with E-state index in [0.29, 0.717) is 18.1 Å². The van der Waals surface area contributed by atoms with E-state index < -0.39 is 11.9 Å². The summed E-state index contributed by atoms with van der Waals surface area (Å²) in [5.41, 5.74) is 0.509. The highest BCUT2D eigenvalue weighted by molar-refractivity contribution is 7.99. The maximum atomic E-state index is 12.6. The zero-order valence-electron chi connectivity index (χ0n) is 18.1. The molecule has 172 valence electrons. The van der Waals surface area contributed by atoms with E-state index >= 15 is 0 Å². The molecule has 33 heavy (non-hydrogen) atoms. The summed E-state index contributed by atoms with van der Waals surface area (Å²) in [7, 11) is 2.46. The number of rotatable bonds is 10. The van der Waals surface area contributed by atoms with E-state index in [1.54, 1.807) is 17.4 Å². The first-order valence-electron chi connectivity index (χ1n) is 9.74. The number of methoxy groups -OCH3 is 2. The Labute approximate surface area is 198 Å². The Hall–Kier alpha value is -3.44. The van der Waals surface area contributed by atoms with Gasteiger partial charge in [0.05, 0.1) is 31.1 Å². The minimum absolute atomic E-state index is 0.0459. The zero-order chi connectivity index (χ0) is 23.8. The van der Waals surface area contributed by atoms with E-state index in [0.717, 1.165) is 10.7 Å². The molecule has 3 rings (SSSR count). The van der Waals surface area contributed by atoms with E-state index in [1.165, 1.54) is 44.2 Å². The third-order valence-corrected chi connectivity index (χ3v) is 6.25. The molecule has 1 N–H and O–H groups in total. The van der Waals surface area contributed by atoms with Crippen LogP contribution in [0.5, 0.6) is 0 Å². The molecule has 0 aliphatic carbocycles. The SMILES string of the molecule is C=CCn1c(Cc2cccs2)nnc1SCC(=O)Nc1cc(C(=O)OC)cc(C(=O)OC)c1. The molecular weight excluding hydrogens is 464 g/mol. The molecule has 2 heterocycles. The second-order valence-electron chi connectivity index (χ2n) is 6.67. The molecule has 0 atom stereocenters. The number of nitrogens with zero attached hydrogens (tertiary/aromatic N) is 3. The largest absolute Gasteiger partial charge is 0.465 e. The highest BCUT2D eigenvalue weighted by Crippen LogP contribution is 2.22. The van der Waals surface area contributed by atoms with E-state index in [1.807, 2.05) is 22.1 Å². The number of allylic oxidation sites excluding steroid dienone is 1. The quantitative estimate of drug-likeness (QED) is 0.264. The number of nitrogens with one attached hydrogen (secondary N) is 1. The van der Waals surface area contributed by atoms with Gasteiger partial charge in [0.1, 0.15) is 5.82 Å². The van der Waals surface area contributed by atoms with Crippen LogP contribution in [-0.2, 0) is 27.2 Å². The number of amides is 1. The van der Waals surface area contributed by atoms with Gasteiger partial charge in [-0.3, -0.25) is 4.79 Å². The number of carbonyl (C=O) groups is 3. The monoisotopic (exact) mass is 486 g/mol. The molecule has 0 saturated heterocycles. The second-order valence-corrected chi connectivity index (χ2v) is 8.65. The fourth-order valence-electron chi connectivity index (χ4n) is 2.94. The number of thiophene rings is 1. The average Bonchev–Trinajstić information content (AvgIpc) is 3.47. The molecule has 3 aromatic rings. The van der Waals surface area contributed by atoms with Crippen LogP contribution in [0.1, 0.15) is 31.4 Å². The standard InChI is InChI=1S/C22H22N4O5S2/c1-4-7-26-18(12-17-6-5-8-32-17)24-25-22(26)33-13-19(27)23-16-10-14(20(28)30-2)9-15(11-16)21(29)31-3/h4-6,8-11H,1,7,12-13H2,2-3H3,(H,23,27). The Kier molecular flexibility index (Phi) is 8.39. The fourth-order valence-corrected chi connectivity index (χ4v) is 4.40. The van der Waals surface area contributed by atoms with E-state index in [9.17, 15) is 14.4 Å². The van der Waals surface area contributed by atoms with E-state index in [-0.39, 0.29) is 28.5 Å². The number of hydrogen-bond donors (Lipinski definition) is 1. The highest BCUT2D eigenvalue weighted by atomic mass is 32.2. The Morgan fingerprint density at radius 3 is 2.42 bits per heavy atom. The Morgan fingerprint density at radius 2 is 1.85 bits per heavy atom. The smallest absolute Gasteiger partial charge is 0.337 e. The molecule has 0 aliphatic heterocycles. The number of thioether (sulfide) groups is 1. The molecule has 0 bridgehead atoms. The molecule has 0 unspecified atom stereocenters. The van der Waals surface area contributed by atoms with Crippen molar-refractivity contribution in [2.24, 2.45) is 0 Å². The highest BCUT2D eigenvalue weighted by Gasteiger charge is 2.17. The maximum absolute atomic E-state index is 12.6. The molecule has 0 spiro atoms. The predicted molar refractivity (Wildman–Crippen MR) is 126 cm³/mol. The number of ether oxygens (including phenoxy) is 2. The van der Waals surface area contributed by atoms with Gasteiger partial charge in [-0.1, -0.05) is 23.9 Å². The molecule has 0 fully saturated rings. The van der Waals surface area contributed by atoms with Crippen molar-refractivity contribution in [1.29, 1.82) is 0 Å². The van der Waals surface area contributed by atoms with Crippen LogP contribution in [0.4, 0.5) is 5.69 Å². The topological polar surface area (TPSA) is 112 Å². The van der Waals surface area contributed by atoms with Crippen molar-refractivity contribution in [2.45, 2.75) is 18.1 Å². The molecule has 2 aromatic heterocycles. The van der Waals surface area contributed by atoms with Crippen LogP contribution in [0.25, 0.3) is 0 Å². The van der Waals surface area contributed by atoms with Gasteiger partial charge in [-0.2, -0.15) is 0 Å². The zero-order valence-corrected chi connectivity index (χ0v) is 19.7. The number of anilines is 1. The molecule has 1 amide bonds. The van der Waals surface area contributed by atoms with Gasteiger partial charge in [0, 0.05) is 23.5 Å². The lowest BCUT2D eigenvalue weighted by atomic mass is 10.1. The van der Waals surface area contributed by atoms with Crippen molar-refractivity contribution in [3.05, 3.63) is 70.2 Å². The van der Waals surface area contributed by atoms with E-state index in [2.05, 4.69) is 22.1 Å². The maximum Gasteiger partial charge on any atom is 0.337 e.